The molecule has 0 aromatic heterocycles. The molecule has 4 aromatic rings. The zero-order chi connectivity index (χ0) is 12.3. The van der Waals surface area contributed by atoms with Gasteiger partial charge < -0.3 is 10.2 Å². The lowest BCUT2D eigenvalue weighted by Gasteiger charge is -2.12. The van der Waals surface area contributed by atoms with Gasteiger partial charge in [0.2, 0.25) is 0 Å². The van der Waals surface area contributed by atoms with Crippen molar-refractivity contribution >= 4 is 32.3 Å². The first kappa shape index (κ1) is 9.54. The van der Waals surface area contributed by atoms with E-state index in [1.165, 1.54) is 0 Å². The number of hydrogen-bond acceptors (Lipinski definition) is 2. The Bertz CT molecular complexity index is 894. The van der Waals surface area contributed by atoms with Gasteiger partial charge in [0.25, 0.3) is 0 Å². The quantitative estimate of drug-likeness (QED) is 0.451. The minimum absolute atomic E-state index is 0.123. The van der Waals surface area contributed by atoms with Gasteiger partial charge in [-0.05, 0) is 33.7 Å². The Morgan fingerprint density at radius 1 is 0.556 bits per heavy atom. The van der Waals surface area contributed by atoms with Crippen LogP contribution in [-0.2, 0) is 0 Å². The molecule has 0 saturated carbocycles. The van der Waals surface area contributed by atoms with Crippen molar-refractivity contribution in [3.8, 4) is 11.5 Å². The van der Waals surface area contributed by atoms with Gasteiger partial charge in [-0.3, -0.25) is 0 Å². The molecule has 0 spiro atoms. The third kappa shape index (κ3) is 1.02. The Hall–Kier alpha value is -2.48. The molecule has 0 saturated heterocycles. The van der Waals surface area contributed by atoms with Gasteiger partial charge in [0.05, 0.1) is 5.39 Å². The van der Waals surface area contributed by atoms with E-state index in [4.69, 9.17) is 0 Å². The molecule has 86 valence electrons. The SMILES string of the molecule is Oc1ccc2ccc3cccc4cc(O)c1c2c34. The van der Waals surface area contributed by atoms with Crippen molar-refractivity contribution in [1.82, 2.24) is 0 Å². The van der Waals surface area contributed by atoms with E-state index in [0.717, 1.165) is 26.9 Å². The Morgan fingerprint density at radius 3 is 2.06 bits per heavy atom. The summed E-state index contributed by atoms with van der Waals surface area (Å²) in [6, 6.07) is 15.3. The summed E-state index contributed by atoms with van der Waals surface area (Å²) in [4.78, 5) is 0. The van der Waals surface area contributed by atoms with Crippen molar-refractivity contribution in [3.05, 3.63) is 48.5 Å². The molecule has 0 bridgehead atoms. The highest BCUT2D eigenvalue weighted by Crippen LogP contribution is 2.42. The maximum absolute atomic E-state index is 10.1. The van der Waals surface area contributed by atoms with Gasteiger partial charge in [0.15, 0.2) is 0 Å². The van der Waals surface area contributed by atoms with Crippen LogP contribution in [0.25, 0.3) is 32.3 Å². The van der Waals surface area contributed by atoms with Crippen molar-refractivity contribution in [2.24, 2.45) is 0 Å². The molecule has 0 fully saturated rings. The van der Waals surface area contributed by atoms with Gasteiger partial charge in [-0.15, -0.1) is 0 Å². The van der Waals surface area contributed by atoms with Crippen molar-refractivity contribution < 1.29 is 10.2 Å². The summed E-state index contributed by atoms with van der Waals surface area (Å²) in [7, 11) is 0. The predicted octanol–water partition coefficient (Wildman–Crippen LogP) is 4.00. The van der Waals surface area contributed by atoms with Gasteiger partial charge in [-0.2, -0.15) is 0 Å². The Morgan fingerprint density at radius 2 is 1.22 bits per heavy atom. The lowest BCUT2D eigenvalue weighted by Crippen LogP contribution is -1.84. The number of rotatable bonds is 0. The van der Waals surface area contributed by atoms with Crippen LogP contribution in [0.5, 0.6) is 11.5 Å². The summed E-state index contributed by atoms with van der Waals surface area (Å²) in [5.74, 6) is 0.252. The van der Waals surface area contributed by atoms with Crippen LogP contribution in [0.15, 0.2) is 48.5 Å². The minimum atomic E-state index is 0.123. The minimum Gasteiger partial charge on any atom is -0.507 e. The highest BCUT2D eigenvalue weighted by atomic mass is 16.3. The normalized spacial score (nSPS) is 11.8. The van der Waals surface area contributed by atoms with Gasteiger partial charge in [0, 0.05) is 5.39 Å². The van der Waals surface area contributed by atoms with Crippen LogP contribution in [0.4, 0.5) is 0 Å². The molecular weight excluding hydrogens is 224 g/mol. The second kappa shape index (κ2) is 3.05. The molecule has 0 radical (unpaired) electrons. The Balaban J connectivity index is 2.50. The van der Waals surface area contributed by atoms with Gasteiger partial charge >= 0.3 is 0 Å². The fraction of sp³-hybridized carbons (Fsp3) is 0. The van der Waals surface area contributed by atoms with Crippen molar-refractivity contribution in [2.75, 3.05) is 0 Å². The van der Waals surface area contributed by atoms with Crippen LogP contribution in [-0.4, -0.2) is 10.2 Å². The fourth-order valence-corrected chi connectivity index (χ4v) is 2.81. The molecule has 2 N–H and O–H groups in total. The van der Waals surface area contributed by atoms with Gasteiger partial charge in [-0.1, -0.05) is 36.4 Å². The van der Waals surface area contributed by atoms with Gasteiger partial charge in [-0.25, -0.2) is 0 Å². The lowest BCUT2D eigenvalue weighted by atomic mass is 9.93. The molecule has 0 atom stereocenters. The van der Waals surface area contributed by atoms with Crippen LogP contribution >= 0.6 is 0 Å². The number of phenolic OH excluding ortho intramolecular Hbond substituents is 2. The van der Waals surface area contributed by atoms with Crippen LogP contribution in [0, 0.1) is 0 Å². The van der Waals surface area contributed by atoms with Crippen LogP contribution in [0.1, 0.15) is 0 Å². The third-order valence-electron chi connectivity index (χ3n) is 3.59. The average molecular weight is 234 g/mol. The Labute approximate surface area is 103 Å². The maximum Gasteiger partial charge on any atom is 0.127 e. The van der Waals surface area contributed by atoms with Gasteiger partial charge in [0.1, 0.15) is 11.5 Å². The average Bonchev–Trinajstić information content (AvgIpc) is 2.38. The van der Waals surface area contributed by atoms with Crippen LogP contribution in [0.3, 0.4) is 0 Å². The molecule has 0 aliphatic carbocycles. The molecule has 2 nitrogen and oxygen atoms in total. The molecule has 0 aliphatic heterocycles. The molecular formula is C16H10O2. The first-order valence-electron chi connectivity index (χ1n) is 5.84. The van der Waals surface area contributed by atoms with E-state index in [0.29, 0.717) is 5.39 Å². The molecule has 18 heavy (non-hydrogen) atoms. The van der Waals surface area contributed by atoms with E-state index in [-0.39, 0.29) is 11.5 Å². The van der Waals surface area contributed by atoms with E-state index in [9.17, 15) is 10.2 Å². The van der Waals surface area contributed by atoms with E-state index in [1.807, 2.05) is 30.3 Å². The molecule has 0 aliphatic rings. The van der Waals surface area contributed by atoms with Crippen LogP contribution in [0.2, 0.25) is 0 Å². The molecule has 4 rings (SSSR count). The summed E-state index contributed by atoms with van der Waals surface area (Å²) >= 11 is 0. The third-order valence-corrected chi connectivity index (χ3v) is 3.59. The highest BCUT2D eigenvalue weighted by Gasteiger charge is 2.13. The summed E-state index contributed by atoms with van der Waals surface area (Å²) in [6.45, 7) is 0. The van der Waals surface area contributed by atoms with E-state index >= 15 is 0 Å². The van der Waals surface area contributed by atoms with E-state index in [1.54, 1.807) is 12.1 Å². The van der Waals surface area contributed by atoms with Crippen molar-refractivity contribution in [1.29, 1.82) is 0 Å². The zero-order valence-electron chi connectivity index (χ0n) is 9.51. The number of phenols is 2. The lowest BCUT2D eigenvalue weighted by molar-refractivity contribution is 0.464. The fourth-order valence-electron chi connectivity index (χ4n) is 2.81. The standard InChI is InChI=1S/C16H10O2/c17-12-7-6-10-5-4-9-2-1-3-11-8-13(18)16(12)15(10)14(9)11/h1-8,17-18H. The molecule has 2 heteroatoms. The van der Waals surface area contributed by atoms with Crippen molar-refractivity contribution in [2.45, 2.75) is 0 Å². The summed E-state index contributed by atoms with van der Waals surface area (Å²) in [5, 5.41) is 25.8. The van der Waals surface area contributed by atoms with Crippen molar-refractivity contribution in [3.63, 3.8) is 0 Å². The zero-order valence-corrected chi connectivity index (χ0v) is 9.51. The maximum atomic E-state index is 10.1. The second-order valence-corrected chi connectivity index (χ2v) is 4.60. The first-order valence-corrected chi connectivity index (χ1v) is 5.84. The molecule has 4 aromatic carbocycles. The number of hydrogen-bond donors (Lipinski definition) is 2. The molecule has 0 unspecified atom stereocenters. The predicted molar refractivity (Wildman–Crippen MR) is 73.5 cm³/mol. The molecule has 0 amide bonds. The smallest absolute Gasteiger partial charge is 0.127 e. The number of aromatic hydroxyl groups is 2. The molecule has 0 heterocycles. The largest absolute Gasteiger partial charge is 0.507 e. The number of benzene rings is 4. The first-order chi connectivity index (χ1) is 8.75. The van der Waals surface area contributed by atoms with Crippen LogP contribution < -0.4 is 0 Å². The topological polar surface area (TPSA) is 40.5 Å². The van der Waals surface area contributed by atoms with E-state index < -0.39 is 0 Å². The summed E-state index contributed by atoms with van der Waals surface area (Å²) in [5.41, 5.74) is 0. The monoisotopic (exact) mass is 234 g/mol. The van der Waals surface area contributed by atoms with E-state index in [2.05, 4.69) is 6.07 Å². The Kier molecular flexibility index (Phi) is 1.61. The summed E-state index contributed by atoms with van der Waals surface area (Å²) < 4.78 is 0. The highest BCUT2D eigenvalue weighted by molar-refractivity contribution is 6.25. The summed E-state index contributed by atoms with van der Waals surface area (Å²) in [6.07, 6.45) is 0. The second-order valence-electron chi connectivity index (χ2n) is 4.60.